The Kier molecular flexibility index (Phi) is 4.77. The Morgan fingerprint density at radius 1 is 1.10 bits per heavy atom. The Hall–Kier alpha value is -2.55. The molecule has 0 saturated carbocycles. The maximum atomic E-state index is 12.0. The number of esters is 1. The minimum Gasteiger partial charge on any atom is -0.457 e. The predicted octanol–water partition coefficient (Wildman–Crippen LogP) is 3.75. The molecular weight excluding hydrogens is 262 g/mol. The third-order valence-corrected chi connectivity index (χ3v) is 3.20. The fourth-order valence-electron chi connectivity index (χ4n) is 1.88. The van der Waals surface area contributed by atoms with Crippen molar-refractivity contribution in [2.45, 2.75) is 6.61 Å². The molecule has 0 spiro atoms. The molecule has 0 heterocycles. The summed E-state index contributed by atoms with van der Waals surface area (Å²) in [6.45, 7) is 3.97. The molecule has 0 amide bonds. The third kappa shape index (κ3) is 3.96. The van der Waals surface area contributed by atoms with Crippen LogP contribution < -0.4 is 4.90 Å². The topological polar surface area (TPSA) is 29.5 Å². The highest BCUT2D eigenvalue weighted by molar-refractivity contribution is 5.89. The minimum absolute atomic E-state index is 0.270. The zero-order valence-corrected chi connectivity index (χ0v) is 12.4. The summed E-state index contributed by atoms with van der Waals surface area (Å²) in [4.78, 5) is 14.0. The van der Waals surface area contributed by atoms with E-state index in [2.05, 4.69) is 6.58 Å². The highest BCUT2D eigenvalue weighted by Gasteiger charge is 2.07. The standard InChI is InChI=1S/C18H19NO2/c1-4-14-5-7-15(8-6-14)13-21-18(20)16-9-11-17(12-10-16)19(2)3/h4-12H,1,13H2,2-3H3. The maximum Gasteiger partial charge on any atom is 0.338 e. The van der Waals surface area contributed by atoms with Crippen LogP contribution in [0.3, 0.4) is 0 Å². The molecule has 0 fully saturated rings. The van der Waals surface area contributed by atoms with Gasteiger partial charge in [-0.3, -0.25) is 0 Å². The lowest BCUT2D eigenvalue weighted by Crippen LogP contribution is -2.09. The van der Waals surface area contributed by atoms with Crippen molar-refractivity contribution in [3.63, 3.8) is 0 Å². The van der Waals surface area contributed by atoms with E-state index in [9.17, 15) is 4.79 Å². The van der Waals surface area contributed by atoms with Crippen molar-refractivity contribution in [2.24, 2.45) is 0 Å². The first-order valence-electron chi connectivity index (χ1n) is 6.76. The van der Waals surface area contributed by atoms with Gasteiger partial charge in [0.25, 0.3) is 0 Å². The first-order valence-corrected chi connectivity index (χ1v) is 6.76. The normalized spacial score (nSPS) is 10.0. The molecule has 2 rings (SSSR count). The van der Waals surface area contributed by atoms with Crippen LogP contribution in [0.2, 0.25) is 0 Å². The van der Waals surface area contributed by atoms with Crippen molar-refractivity contribution in [3.8, 4) is 0 Å². The van der Waals surface area contributed by atoms with Gasteiger partial charge in [0, 0.05) is 19.8 Å². The Bertz CT molecular complexity index is 613. The van der Waals surface area contributed by atoms with Crippen molar-refractivity contribution in [2.75, 3.05) is 19.0 Å². The molecule has 0 saturated heterocycles. The van der Waals surface area contributed by atoms with Crippen LogP contribution in [0.5, 0.6) is 0 Å². The van der Waals surface area contributed by atoms with Crippen LogP contribution in [0.1, 0.15) is 21.5 Å². The molecule has 0 bridgehead atoms. The number of carbonyl (C=O) groups is 1. The van der Waals surface area contributed by atoms with Gasteiger partial charge in [-0.15, -0.1) is 0 Å². The molecular formula is C18H19NO2. The van der Waals surface area contributed by atoms with E-state index in [-0.39, 0.29) is 12.6 Å². The van der Waals surface area contributed by atoms with E-state index >= 15 is 0 Å². The van der Waals surface area contributed by atoms with Gasteiger partial charge in [-0.25, -0.2) is 4.79 Å². The number of anilines is 1. The van der Waals surface area contributed by atoms with Gasteiger partial charge in [0.2, 0.25) is 0 Å². The second kappa shape index (κ2) is 6.75. The van der Waals surface area contributed by atoms with Gasteiger partial charge in [0.05, 0.1) is 5.56 Å². The van der Waals surface area contributed by atoms with Crippen molar-refractivity contribution in [3.05, 3.63) is 71.8 Å². The van der Waals surface area contributed by atoms with Crippen molar-refractivity contribution in [1.29, 1.82) is 0 Å². The van der Waals surface area contributed by atoms with E-state index in [0.717, 1.165) is 16.8 Å². The highest BCUT2D eigenvalue weighted by Crippen LogP contribution is 2.14. The summed E-state index contributed by atoms with van der Waals surface area (Å²) < 4.78 is 5.31. The number of benzene rings is 2. The molecule has 0 aliphatic carbocycles. The SMILES string of the molecule is C=Cc1ccc(COC(=O)c2ccc(N(C)C)cc2)cc1. The fourth-order valence-corrected chi connectivity index (χ4v) is 1.88. The van der Waals surface area contributed by atoms with Crippen LogP contribution in [0, 0.1) is 0 Å². The summed E-state index contributed by atoms with van der Waals surface area (Å²) in [5, 5.41) is 0. The zero-order chi connectivity index (χ0) is 15.2. The molecule has 2 aromatic carbocycles. The summed E-state index contributed by atoms with van der Waals surface area (Å²) in [6.07, 6.45) is 1.78. The summed E-state index contributed by atoms with van der Waals surface area (Å²) in [6, 6.07) is 15.1. The molecule has 3 heteroatoms. The van der Waals surface area contributed by atoms with E-state index < -0.39 is 0 Å². The first-order chi connectivity index (χ1) is 10.1. The lowest BCUT2D eigenvalue weighted by Gasteiger charge is -2.12. The van der Waals surface area contributed by atoms with Crippen molar-refractivity contribution >= 4 is 17.7 Å². The van der Waals surface area contributed by atoms with Crippen molar-refractivity contribution < 1.29 is 9.53 Å². The number of hydrogen-bond acceptors (Lipinski definition) is 3. The molecule has 0 radical (unpaired) electrons. The Balaban J connectivity index is 1.95. The molecule has 2 aromatic rings. The smallest absolute Gasteiger partial charge is 0.338 e. The van der Waals surface area contributed by atoms with Crippen LogP contribution in [0.4, 0.5) is 5.69 Å². The number of rotatable bonds is 5. The second-order valence-electron chi connectivity index (χ2n) is 4.96. The van der Waals surface area contributed by atoms with Crippen LogP contribution in [-0.2, 0) is 11.3 Å². The van der Waals surface area contributed by atoms with Crippen LogP contribution in [0.25, 0.3) is 6.08 Å². The average Bonchev–Trinajstić information content (AvgIpc) is 2.53. The lowest BCUT2D eigenvalue weighted by molar-refractivity contribution is 0.0473. The first kappa shape index (κ1) is 14.9. The quantitative estimate of drug-likeness (QED) is 0.782. The van der Waals surface area contributed by atoms with E-state index in [1.165, 1.54) is 0 Å². The third-order valence-electron chi connectivity index (χ3n) is 3.20. The molecule has 0 aliphatic rings. The number of nitrogens with zero attached hydrogens (tertiary/aromatic N) is 1. The molecule has 3 nitrogen and oxygen atoms in total. The van der Waals surface area contributed by atoms with E-state index in [4.69, 9.17) is 4.74 Å². The summed E-state index contributed by atoms with van der Waals surface area (Å²) in [5.74, 6) is -0.312. The average molecular weight is 281 g/mol. The molecule has 0 unspecified atom stereocenters. The zero-order valence-electron chi connectivity index (χ0n) is 12.4. The Labute approximate surface area is 125 Å². The predicted molar refractivity (Wildman–Crippen MR) is 86.4 cm³/mol. The largest absolute Gasteiger partial charge is 0.457 e. The minimum atomic E-state index is -0.312. The van der Waals surface area contributed by atoms with Gasteiger partial charge in [0.15, 0.2) is 0 Å². The lowest BCUT2D eigenvalue weighted by atomic mass is 10.1. The Morgan fingerprint density at radius 2 is 1.71 bits per heavy atom. The van der Waals surface area contributed by atoms with Crippen LogP contribution >= 0.6 is 0 Å². The van der Waals surface area contributed by atoms with Crippen molar-refractivity contribution in [1.82, 2.24) is 0 Å². The molecule has 0 N–H and O–H groups in total. The van der Waals surface area contributed by atoms with E-state index in [1.54, 1.807) is 18.2 Å². The van der Waals surface area contributed by atoms with E-state index in [1.807, 2.05) is 55.4 Å². The maximum absolute atomic E-state index is 12.0. The monoisotopic (exact) mass is 281 g/mol. The number of hydrogen-bond donors (Lipinski definition) is 0. The molecule has 0 aromatic heterocycles. The van der Waals surface area contributed by atoms with Gasteiger partial charge >= 0.3 is 5.97 Å². The van der Waals surface area contributed by atoms with Gasteiger partial charge in [-0.2, -0.15) is 0 Å². The van der Waals surface area contributed by atoms with E-state index in [0.29, 0.717) is 5.56 Å². The highest BCUT2D eigenvalue weighted by atomic mass is 16.5. The fraction of sp³-hybridized carbons (Fsp3) is 0.167. The molecule has 0 atom stereocenters. The molecule has 108 valence electrons. The van der Waals surface area contributed by atoms with Crippen LogP contribution in [-0.4, -0.2) is 20.1 Å². The van der Waals surface area contributed by atoms with Crippen LogP contribution in [0.15, 0.2) is 55.1 Å². The van der Waals surface area contributed by atoms with Gasteiger partial charge in [-0.1, -0.05) is 36.9 Å². The summed E-state index contributed by atoms with van der Waals surface area (Å²) in [5.41, 5.74) is 3.61. The second-order valence-corrected chi connectivity index (χ2v) is 4.96. The van der Waals surface area contributed by atoms with Gasteiger partial charge < -0.3 is 9.64 Å². The summed E-state index contributed by atoms with van der Waals surface area (Å²) >= 11 is 0. The summed E-state index contributed by atoms with van der Waals surface area (Å²) in [7, 11) is 3.92. The Morgan fingerprint density at radius 3 is 2.24 bits per heavy atom. The van der Waals surface area contributed by atoms with Gasteiger partial charge in [0.1, 0.15) is 6.61 Å². The molecule has 21 heavy (non-hydrogen) atoms. The van der Waals surface area contributed by atoms with Gasteiger partial charge in [-0.05, 0) is 35.4 Å². The number of ether oxygens (including phenoxy) is 1. The number of carbonyl (C=O) groups excluding carboxylic acids is 1. The molecule has 0 aliphatic heterocycles.